The lowest BCUT2D eigenvalue weighted by atomic mass is 10.2. The Hall–Kier alpha value is -1.57. The highest BCUT2D eigenvalue weighted by Gasteiger charge is 2.23. The van der Waals surface area contributed by atoms with Crippen LogP contribution in [-0.4, -0.2) is 63.8 Å². The molecule has 4 rings (SSSR count). The molecule has 2 N–H and O–H groups in total. The van der Waals surface area contributed by atoms with E-state index in [-0.39, 0.29) is 0 Å². The van der Waals surface area contributed by atoms with Crippen LogP contribution in [-0.2, 0) is 9.47 Å². The first kappa shape index (κ1) is 16.9. The molecule has 25 heavy (non-hydrogen) atoms. The maximum atomic E-state index is 5.52. The average molecular weight is 362 g/mol. The molecule has 136 valence electrons. The monoisotopic (exact) mass is 362 g/mol. The van der Waals surface area contributed by atoms with E-state index in [0.717, 1.165) is 63.4 Å². The van der Waals surface area contributed by atoms with E-state index in [9.17, 15) is 0 Å². The molecule has 1 aromatic carbocycles. The van der Waals surface area contributed by atoms with E-state index in [1.165, 1.54) is 24.2 Å². The van der Waals surface area contributed by atoms with E-state index >= 15 is 0 Å². The number of rotatable bonds is 4. The molecular weight excluding hydrogens is 336 g/mol. The fraction of sp³-hybridized carbons (Fsp3) is 0.611. The van der Waals surface area contributed by atoms with E-state index < -0.39 is 0 Å². The van der Waals surface area contributed by atoms with Crippen molar-refractivity contribution in [2.24, 2.45) is 0 Å². The van der Waals surface area contributed by atoms with Crippen LogP contribution in [0.5, 0.6) is 0 Å². The number of nitrogens with zero attached hydrogens (tertiary/aromatic N) is 2. The molecule has 0 unspecified atom stereocenters. The van der Waals surface area contributed by atoms with Crippen LogP contribution in [0.15, 0.2) is 18.2 Å². The fourth-order valence-corrected chi connectivity index (χ4v) is 3.56. The molecule has 6 nitrogen and oxygen atoms in total. The van der Waals surface area contributed by atoms with Crippen LogP contribution in [0.4, 0.5) is 17.1 Å². The minimum atomic E-state index is 0.555. The second-order valence-electron chi connectivity index (χ2n) is 6.77. The Balaban J connectivity index is 1.55. The third kappa shape index (κ3) is 4.34. The zero-order valence-electron chi connectivity index (χ0n) is 14.5. The van der Waals surface area contributed by atoms with Gasteiger partial charge in [-0.15, -0.1) is 0 Å². The summed E-state index contributed by atoms with van der Waals surface area (Å²) < 4.78 is 11.0. The zero-order valence-corrected chi connectivity index (χ0v) is 15.3. The first-order valence-electron chi connectivity index (χ1n) is 9.16. The van der Waals surface area contributed by atoms with Crippen molar-refractivity contribution < 1.29 is 9.47 Å². The Kier molecular flexibility index (Phi) is 5.24. The molecule has 1 saturated carbocycles. The Labute approximate surface area is 154 Å². The van der Waals surface area contributed by atoms with Gasteiger partial charge in [0.25, 0.3) is 0 Å². The molecule has 2 heterocycles. The van der Waals surface area contributed by atoms with Gasteiger partial charge in [-0.2, -0.15) is 0 Å². The summed E-state index contributed by atoms with van der Waals surface area (Å²) in [6, 6.07) is 7.16. The average Bonchev–Trinajstić information content (AvgIpc) is 3.47. The first-order chi connectivity index (χ1) is 12.3. The minimum Gasteiger partial charge on any atom is -0.378 e. The lowest BCUT2D eigenvalue weighted by Crippen LogP contribution is -2.38. The maximum absolute atomic E-state index is 5.52. The fourth-order valence-electron chi connectivity index (χ4n) is 3.28. The van der Waals surface area contributed by atoms with E-state index in [4.69, 9.17) is 21.7 Å². The van der Waals surface area contributed by atoms with Crippen LogP contribution in [0.2, 0.25) is 0 Å². The van der Waals surface area contributed by atoms with Crippen LogP contribution in [0.1, 0.15) is 12.8 Å². The number of hydrogen-bond donors (Lipinski definition) is 2. The van der Waals surface area contributed by atoms with Gasteiger partial charge in [0.1, 0.15) is 0 Å². The van der Waals surface area contributed by atoms with Crippen LogP contribution in [0.3, 0.4) is 0 Å². The van der Waals surface area contributed by atoms with Gasteiger partial charge < -0.3 is 29.9 Å². The van der Waals surface area contributed by atoms with Gasteiger partial charge in [-0.05, 0) is 43.3 Å². The van der Waals surface area contributed by atoms with Gasteiger partial charge in [0.15, 0.2) is 5.11 Å². The van der Waals surface area contributed by atoms with Gasteiger partial charge in [-0.25, -0.2) is 0 Å². The maximum Gasteiger partial charge on any atom is 0.171 e. The molecule has 0 bridgehead atoms. The predicted octanol–water partition coefficient (Wildman–Crippen LogP) is 1.81. The van der Waals surface area contributed by atoms with Gasteiger partial charge in [-0.1, -0.05) is 0 Å². The molecule has 2 aliphatic heterocycles. The van der Waals surface area contributed by atoms with Crippen molar-refractivity contribution in [1.29, 1.82) is 0 Å². The summed E-state index contributed by atoms with van der Waals surface area (Å²) >= 11 is 5.48. The summed E-state index contributed by atoms with van der Waals surface area (Å²) in [5, 5.41) is 7.48. The summed E-state index contributed by atoms with van der Waals surface area (Å²) in [6.45, 7) is 6.82. The Bertz CT molecular complexity index is 611. The summed E-state index contributed by atoms with van der Waals surface area (Å²) in [6.07, 6.45) is 2.43. The normalized spacial score (nSPS) is 21.1. The Morgan fingerprint density at radius 1 is 0.960 bits per heavy atom. The number of ether oxygens (including phenoxy) is 2. The van der Waals surface area contributed by atoms with Crippen LogP contribution < -0.4 is 20.4 Å². The Morgan fingerprint density at radius 2 is 1.60 bits per heavy atom. The number of anilines is 3. The molecule has 0 atom stereocenters. The lowest BCUT2D eigenvalue weighted by Gasteiger charge is -2.33. The van der Waals surface area contributed by atoms with Gasteiger partial charge in [0.2, 0.25) is 0 Å². The topological polar surface area (TPSA) is 49.0 Å². The van der Waals surface area contributed by atoms with Crippen LogP contribution >= 0.6 is 12.2 Å². The van der Waals surface area contributed by atoms with Gasteiger partial charge in [0, 0.05) is 37.9 Å². The molecule has 0 amide bonds. The number of hydrogen-bond acceptors (Lipinski definition) is 5. The third-order valence-electron chi connectivity index (χ3n) is 4.87. The Morgan fingerprint density at radius 3 is 2.24 bits per heavy atom. The third-order valence-corrected chi connectivity index (χ3v) is 5.09. The molecule has 2 saturated heterocycles. The predicted molar refractivity (Wildman–Crippen MR) is 105 cm³/mol. The molecule has 1 aliphatic carbocycles. The van der Waals surface area contributed by atoms with E-state index in [2.05, 4.69) is 38.6 Å². The van der Waals surface area contributed by atoms with Crippen molar-refractivity contribution in [2.75, 3.05) is 67.7 Å². The second-order valence-corrected chi connectivity index (χ2v) is 7.18. The van der Waals surface area contributed by atoms with Crippen molar-refractivity contribution in [2.45, 2.75) is 18.9 Å². The van der Waals surface area contributed by atoms with Crippen molar-refractivity contribution in [1.82, 2.24) is 5.32 Å². The van der Waals surface area contributed by atoms with Crippen molar-refractivity contribution in [3.63, 3.8) is 0 Å². The quantitative estimate of drug-likeness (QED) is 0.792. The zero-order chi connectivity index (χ0) is 17.1. The molecule has 0 aromatic heterocycles. The van der Waals surface area contributed by atoms with Crippen molar-refractivity contribution in [3.05, 3.63) is 18.2 Å². The molecule has 3 fully saturated rings. The summed E-state index contributed by atoms with van der Waals surface area (Å²) in [7, 11) is 0. The molecule has 7 heteroatoms. The second kappa shape index (κ2) is 7.76. The minimum absolute atomic E-state index is 0.555. The highest BCUT2D eigenvalue weighted by molar-refractivity contribution is 7.80. The van der Waals surface area contributed by atoms with Crippen LogP contribution in [0.25, 0.3) is 0 Å². The van der Waals surface area contributed by atoms with E-state index in [1.807, 2.05) is 0 Å². The smallest absolute Gasteiger partial charge is 0.171 e. The number of benzene rings is 1. The number of nitrogens with one attached hydrogen (secondary N) is 2. The van der Waals surface area contributed by atoms with Gasteiger partial charge in [0.05, 0.1) is 37.8 Å². The summed E-state index contributed by atoms with van der Waals surface area (Å²) in [5.41, 5.74) is 3.51. The number of thiocarbonyl (C=S) groups is 1. The van der Waals surface area contributed by atoms with Crippen molar-refractivity contribution in [3.8, 4) is 0 Å². The standard InChI is InChI=1S/C18H26N4O2S/c25-18(19-14-1-2-14)20-16-4-3-15(21-5-9-23-10-6-21)13-17(16)22-7-11-24-12-8-22/h3-4,13-14H,1-2,5-12H2,(H2,19,20,25). The molecule has 1 aromatic rings. The molecule has 0 spiro atoms. The molecule has 3 aliphatic rings. The van der Waals surface area contributed by atoms with E-state index in [0.29, 0.717) is 6.04 Å². The highest BCUT2D eigenvalue weighted by Crippen LogP contribution is 2.32. The largest absolute Gasteiger partial charge is 0.378 e. The SMILES string of the molecule is S=C(Nc1ccc(N2CCOCC2)cc1N1CCOCC1)NC1CC1. The van der Waals surface area contributed by atoms with Crippen LogP contribution in [0, 0.1) is 0 Å². The summed E-state index contributed by atoms with van der Waals surface area (Å²) in [5.74, 6) is 0. The summed E-state index contributed by atoms with van der Waals surface area (Å²) in [4.78, 5) is 4.77. The van der Waals surface area contributed by atoms with Gasteiger partial charge in [-0.3, -0.25) is 0 Å². The molecule has 0 radical (unpaired) electrons. The number of morpholine rings is 2. The van der Waals surface area contributed by atoms with E-state index in [1.54, 1.807) is 0 Å². The lowest BCUT2D eigenvalue weighted by molar-refractivity contribution is 0.122. The van der Waals surface area contributed by atoms with Gasteiger partial charge >= 0.3 is 0 Å². The first-order valence-corrected chi connectivity index (χ1v) is 9.57. The molecular formula is C18H26N4O2S. The highest BCUT2D eigenvalue weighted by atomic mass is 32.1. The van der Waals surface area contributed by atoms with Crippen molar-refractivity contribution >= 4 is 34.4 Å².